The Bertz CT molecular complexity index is 1240. The van der Waals surface area contributed by atoms with Gasteiger partial charge in [0.1, 0.15) is 5.82 Å². The average Bonchev–Trinajstić information content (AvgIpc) is 3.05. The smallest absolute Gasteiger partial charge is 0.266 e. The summed E-state index contributed by atoms with van der Waals surface area (Å²) in [5, 5.41) is 4.07. The highest BCUT2D eigenvalue weighted by atomic mass is 32.1. The topological polar surface area (TPSA) is 74.8 Å². The van der Waals surface area contributed by atoms with Crippen molar-refractivity contribution >= 4 is 33.0 Å². The molecule has 0 saturated carbocycles. The van der Waals surface area contributed by atoms with Crippen molar-refractivity contribution in [1.29, 1.82) is 0 Å². The van der Waals surface area contributed by atoms with E-state index in [-0.39, 0.29) is 11.5 Å². The van der Waals surface area contributed by atoms with Crippen molar-refractivity contribution in [3.63, 3.8) is 0 Å². The lowest BCUT2D eigenvalue weighted by Gasteiger charge is -2.08. The van der Waals surface area contributed by atoms with Crippen LogP contribution in [0.2, 0.25) is 0 Å². The van der Waals surface area contributed by atoms with Crippen molar-refractivity contribution in [2.24, 2.45) is 0 Å². The number of carbonyl (C=O) groups excluding carboxylic acids is 1. The molecule has 0 aliphatic heterocycles. The van der Waals surface area contributed by atoms with Gasteiger partial charge in [0.25, 0.3) is 11.5 Å². The van der Waals surface area contributed by atoms with Crippen LogP contribution in [0, 0.1) is 6.92 Å². The number of thiophene rings is 1. The van der Waals surface area contributed by atoms with Crippen molar-refractivity contribution in [1.82, 2.24) is 9.97 Å². The van der Waals surface area contributed by atoms with Crippen LogP contribution in [0.25, 0.3) is 21.5 Å². The molecule has 0 bridgehead atoms. The molecule has 2 aromatic heterocycles. The Kier molecular flexibility index (Phi) is 4.79. The Hall–Kier alpha value is -3.25. The maximum absolute atomic E-state index is 12.8. The van der Waals surface area contributed by atoms with Gasteiger partial charge in [-0.25, -0.2) is 4.98 Å². The number of aromatic amines is 1. The van der Waals surface area contributed by atoms with E-state index in [0.717, 1.165) is 26.9 Å². The highest BCUT2D eigenvalue weighted by molar-refractivity contribution is 7.21. The van der Waals surface area contributed by atoms with E-state index in [2.05, 4.69) is 15.3 Å². The molecule has 0 saturated heterocycles. The molecule has 2 N–H and O–H groups in total. The zero-order chi connectivity index (χ0) is 19.7. The van der Waals surface area contributed by atoms with Gasteiger partial charge >= 0.3 is 0 Å². The highest BCUT2D eigenvalue weighted by Gasteiger charge is 2.15. The predicted octanol–water partition coefficient (Wildman–Crippen LogP) is 4.77. The van der Waals surface area contributed by atoms with Crippen LogP contribution < -0.4 is 10.9 Å². The van der Waals surface area contributed by atoms with Gasteiger partial charge in [0, 0.05) is 27.7 Å². The third-order valence-electron chi connectivity index (χ3n) is 4.60. The molecule has 5 nitrogen and oxygen atoms in total. The normalized spacial score (nSPS) is 10.9. The molecular weight excluding hydrogens is 370 g/mol. The summed E-state index contributed by atoms with van der Waals surface area (Å²) in [7, 11) is 0. The van der Waals surface area contributed by atoms with Crippen LogP contribution >= 0.6 is 11.3 Å². The number of aromatic nitrogens is 2. The zero-order valence-electron chi connectivity index (χ0n) is 15.6. The fourth-order valence-corrected chi connectivity index (χ4v) is 4.25. The number of rotatable bonds is 4. The fourth-order valence-electron chi connectivity index (χ4n) is 3.15. The van der Waals surface area contributed by atoms with Crippen LogP contribution in [0.4, 0.5) is 5.69 Å². The summed E-state index contributed by atoms with van der Waals surface area (Å²) in [6, 6.07) is 16.8. The third kappa shape index (κ3) is 3.46. The summed E-state index contributed by atoms with van der Waals surface area (Å²) in [6.45, 7) is 3.92. The van der Waals surface area contributed by atoms with Crippen LogP contribution in [0.1, 0.15) is 27.9 Å². The number of carbonyl (C=O) groups is 1. The van der Waals surface area contributed by atoms with Crippen molar-refractivity contribution < 1.29 is 4.79 Å². The van der Waals surface area contributed by atoms with E-state index in [1.54, 1.807) is 0 Å². The number of anilines is 1. The molecule has 0 fully saturated rings. The van der Waals surface area contributed by atoms with Gasteiger partial charge in [-0.2, -0.15) is 0 Å². The lowest BCUT2D eigenvalue weighted by Crippen LogP contribution is -2.12. The van der Waals surface area contributed by atoms with E-state index in [4.69, 9.17) is 0 Å². The summed E-state index contributed by atoms with van der Waals surface area (Å²) < 4.78 is 1.09. The average molecular weight is 389 g/mol. The van der Waals surface area contributed by atoms with E-state index < -0.39 is 0 Å². The number of amides is 1. The third-order valence-corrected chi connectivity index (χ3v) is 5.87. The Morgan fingerprint density at radius 1 is 1.14 bits per heavy atom. The summed E-state index contributed by atoms with van der Waals surface area (Å²) >= 11 is 1.49. The van der Waals surface area contributed by atoms with E-state index in [1.165, 1.54) is 17.4 Å². The van der Waals surface area contributed by atoms with E-state index in [1.807, 2.05) is 62.4 Å². The Balaban J connectivity index is 1.65. The quantitative estimate of drug-likeness (QED) is 0.528. The number of nitrogens with zero attached hydrogens (tertiary/aromatic N) is 1. The van der Waals surface area contributed by atoms with E-state index in [0.29, 0.717) is 22.8 Å². The molecule has 2 aromatic carbocycles. The molecule has 4 aromatic rings. The molecule has 0 aliphatic rings. The van der Waals surface area contributed by atoms with Crippen LogP contribution in [0.3, 0.4) is 0 Å². The van der Waals surface area contributed by atoms with Gasteiger partial charge < -0.3 is 10.3 Å². The van der Waals surface area contributed by atoms with Crippen LogP contribution in [0.5, 0.6) is 0 Å². The summed E-state index contributed by atoms with van der Waals surface area (Å²) in [4.78, 5) is 32.6. The maximum Gasteiger partial charge on any atom is 0.266 e. The molecule has 2 heterocycles. The molecule has 28 heavy (non-hydrogen) atoms. The number of fused-ring (bicyclic) bond motifs is 1. The summed E-state index contributed by atoms with van der Waals surface area (Å²) in [6.07, 6.45) is 0.679. The SMILES string of the molecule is CCc1cc(=O)[nH]c(-c2cccc(NC(=O)c3sc4ccccc4c3C)c2)n1. The molecule has 4 rings (SSSR count). The van der Waals surface area contributed by atoms with Crippen molar-refractivity contribution in [2.75, 3.05) is 5.32 Å². The zero-order valence-corrected chi connectivity index (χ0v) is 16.4. The van der Waals surface area contributed by atoms with E-state index in [9.17, 15) is 9.59 Å². The first-order valence-electron chi connectivity index (χ1n) is 9.05. The maximum atomic E-state index is 12.8. The molecule has 6 heteroatoms. The molecule has 0 spiro atoms. The predicted molar refractivity (Wildman–Crippen MR) is 114 cm³/mol. The van der Waals surface area contributed by atoms with Crippen LogP contribution in [-0.4, -0.2) is 15.9 Å². The van der Waals surface area contributed by atoms with Gasteiger partial charge in [-0.05, 0) is 42.5 Å². The molecule has 0 aliphatic carbocycles. The largest absolute Gasteiger partial charge is 0.321 e. The molecule has 0 radical (unpaired) electrons. The monoisotopic (exact) mass is 389 g/mol. The first-order chi connectivity index (χ1) is 13.5. The van der Waals surface area contributed by atoms with Gasteiger partial charge in [-0.1, -0.05) is 37.3 Å². The van der Waals surface area contributed by atoms with E-state index >= 15 is 0 Å². The second kappa shape index (κ2) is 7.40. The number of H-pyrrole nitrogens is 1. The first kappa shape index (κ1) is 18.1. The van der Waals surface area contributed by atoms with Gasteiger partial charge in [-0.15, -0.1) is 11.3 Å². The van der Waals surface area contributed by atoms with Gasteiger partial charge in [0.15, 0.2) is 0 Å². The molecule has 1 amide bonds. The second-order valence-corrected chi connectivity index (χ2v) is 7.58. The molecule has 0 unspecified atom stereocenters. The summed E-state index contributed by atoms with van der Waals surface area (Å²) in [5.74, 6) is 0.359. The number of hydrogen-bond acceptors (Lipinski definition) is 4. The molecule has 140 valence electrons. The number of aryl methyl sites for hydroxylation is 2. The standard InChI is InChI=1S/C22H19N3O2S/c1-3-15-12-19(26)25-21(23-15)14-7-6-8-16(11-14)24-22(27)20-13(2)17-9-4-5-10-18(17)28-20/h4-12H,3H2,1-2H3,(H,24,27)(H,23,25,26). The summed E-state index contributed by atoms with van der Waals surface area (Å²) in [5.41, 5.74) is 2.93. The minimum atomic E-state index is -0.183. The minimum Gasteiger partial charge on any atom is -0.321 e. The number of hydrogen-bond donors (Lipinski definition) is 2. The Morgan fingerprint density at radius 3 is 2.75 bits per heavy atom. The van der Waals surface area contributed by atoms with Gasteiger partial charge in [0.05, 0.1) is 4.88 Å². The molecule has 0 atom stereocenters. The minimum absolute atomic E-state index is 0.139. The fraction of sp³-hybridized carbons (Fsp3) is 0.136. The first-order valence-corrected chi connectivity index (χ1v) is 9.87. The van der Waals surface area contributed by atoms with Crippen molar-refractivity contribution in [3.05, 3.63) is 81.1 Å². The van der Waals surface area contributed by atoms with Crippen LogP contribution in [-0.2, 0) is 6.42 Å². The number of benzene rings is 2. The molecular formula is C22H19N3O2S. The van der Waals surface area contributed by atoms with Crippen LogP contribution in [0.15, 0.2) is 59.4 Å². The van der Waals surface area contributed by atoms with Gasteiger partial charge in [-0.3, -0.25) is 9.59 Å². The van der Waals surface area contributed by atoms with Crippen molar-refractivity contribution in [2.45, 2.75) is 20.3 Å². The Morgan fingerprint density at radius 2 is 1.96 bits per heavy atom. The lowest BCUT2D eigenvalue weighted by molar-refractivity contribution is 0.103. The Labute approximate surface area is 166 Å². The second-order valence-electron chi connectivity index (χ2n) is 6.53. The highest BCUT2D eigenvalue weighted by Crippen LogP contribution is 2.31. The lowest BCUT2D eigenvalue weighted by atomic mass is 10.1. The van der Waals surface area contributed by atoms with Crippen molar-refractivity contribution in [3.8, 4) is 11.4 Å². The number of nitrogens with one attached hydrogen (secondary N) is 2. The van der Waals surface area contributed by atoms with Gasteiger partial charge in [0.2, 0.25) is 0 Å².